The Labute approximate surface area is 107 Å². The van der Waals surface area contributed by atoms with Crippen molar-refractivity contribution in [2.24, 2.45) is 0 Å². The number of nitriles is 1. The molecular formula is C13H18N4O. The molecule has 0 aromatic heterocycles. The number of carbonyl (C=O) groups is 1. The van der Waals surface area contributed by atoms with Gasteiger partial charge in [-0.3, -0.25) is 0 Å². The maximum Gasteiger partial charge on any atom is 0.319 e. The number of nitrogens with one attached hydrogen (secondary N) is 3. The fourth-order valence-corrected chi connectivity index (χ4v) is 1.43. The highest BCUT2D eigenvalue weighted by atomic mass is 16.2. The van der Waals surface area contributed by atoms with Gasteiger partial charge >= 0.3 is 6.03 Å². The van der Waals surface area contributed by atoms with E-state index in [4.69, 9.17) is 5.26 Å². The molecule has 3 N–H and O–H groups in total. The Kier molecular flexibility index (Phi) is 6.30. The SMILES string of the molecule is CCNCCCNC(=O)Nc1cccc(C#N)c1. The predicted molar refractivity (Wildman–Crippen MR) is 71.3 cm³/mol. The summed E-state index contributed by atoms with van der Waals surface area (Å²) in [6.07, 6.45) is 0.888. The summed E-state index contributed by atoms with van der Waals surface area (Å²) in [5.74, 6) is 0. The van der Waals surface area contributed by atoms with Crippen LogP contribution in [-0.4, -0.2) is 25.7 Å². The van der Waals surface area contributed by atoms with Gasteiger partial charge in [-0.05, 0) is 37.7 Å². The zero-order valence-corrected chi connectivity index (χ0v) is 10.5. The molecule has 1 aromatic carbocycles. The Hall–Kier alpha value is -2.06. The molecular weight excluding hydrogens is 228 g/mol. The van der Waals surface area contributed by atoms with Crippen molar-refractivity contribution in [3.05, 3.63) is 29.8 Å². The molecule has 0 atom stereocenters. The maximum atomic E-state index is 11.5. The Bertz CT molecular complexity index is 425. The van der Waals surface area contributed by atoms with Gasteiger partial charge in [-0.2, -0.15) is 5.26 Å². The summed E-state index contributed by atoms with van der Waals surface area (Å²) in [6, 6.07) is 8.59. The van der Waals surface area contributed by atoms with Crippen LogP contribution in [0.15, 0.2) is 24.3 Å². The van der Waals surface area contributed by atoms with Crippen molar-refractivity contribution in [3.63, 3.8) is 0 Å². The van der Waals surface area contributed by atoms with Gasteiger partial charge in [0.05, 0.1) is 11.6 Å². The summed E-state index contributed by atoms with van der Waals surface area (Å²) in [7, 11) is 0. The van der Waals surface area contributed by atoms with Crippen LogP contribution in [0.4, 0.5) is 10.5 Å². The standard InChI is InChI=1S/C13H18N4O/c1-2-15-7-4-8-16-13(18)17-12-6-3-5-11(9-12)10-14/h3,5-6,9,15H,2,4,7-8H2,1H3,(H2,16,17,18). The number of hydrogen-bond acceptors (Lipinski definition) is 3. The molecule has 0 aliphatic carbocycles. The van der Waals surface area contributed by atoms with Crippen LogP contribution in [0.3, 0.4) is 0 Å². The van der Waals surface area contributed by atoms with E-state index in [1.165, 1.54) is 0 Å². The number of benzene rings is 1. The van der Waals surface area contributed by atoms with E-state index in [1.807, 2.05) is 13.0 Å². The van der Waals surface area contributed by atoms with E-state index in [-0.39, 0.29) is 6.03 Å². The van der Waals surface area contributed by atoms with Crippen molar-refractivity contribution in [2.75, 3.05) is 25.0 Å². The average molecular weight is 246 g/mol. The Morgan fingerprint density at radius 1 is 1.39 bits per heavy atom. The number of carbonyl (C=O) groups excluding carboxylic acids is 1. The fourth-order valence-electron chi connectivity index (χ4n) is 1.43. The van der Waals surface area contributed by atoms with Crippen LogP contribution in [0.1, 0.15) is 18.9 Å². The number of nitrogens with zero attached hydrogens (tertiary/aromatic N) is 1. The summed E-state index contributed by atoms with van der Waals surface area (Å²) in [4.78, 5) is 11.5. The molecule has 0 unspecified atom stereocenters. The molecule has 0 radical (unpaired) electrons. The molecule has 1 rings (SSSR count). The molecule has 5 nitrogen and oxygen atoms in total. The van der Waals surface area contributed by atoms with Crippen LogP contribution < -0.4 is 16.0 Å². The Morgan fingerprint density at radius 2 is 2.22 bits per heavy atom. The van der Waals surface area contributed by atoms with Gasteiger partial charge in [0.25, 0.3) is 0 Å². The quantitative estimate of drug-likeness (QED) is 0.668. The second-order valence-corrected chi connectivity index (χ2v) is 3.78. The van der Waals surface area contributed by atoms with Gasteiger partial charge in [0.15, 0.2) is 0 Å². The first-order valence-electron chi connectivity index (χ1n) is 6.02. The monoisotopic (exact) mass is 246 g/mol. The molecule has 2 amide bonds. The molecule has 0 saturated heterocycles. The summed E-state index contributed by atoms with van der Waals surface area (Å²) in [6.45, 7) is 4.49. The van der Waals surface area contributed by atoms with Gasteiger partial charge in [0.1, 0.15) is 0 Å². The lowest BCUT2D eigenvalue weighted by molar-refractivity contribution is 0.252. The van der Waals surface area contributed by atoms with Gasteiger partial charge in [-0.25, -0.2) is 4.79 Å². The summed E-state index contributed by atoms with van der Waals surface area (Å²) >= 11 is 0. The highest BCUT2D eigenvalue weighted by Gasteiger charge is 2.01. The predicted octanol–water partition coefficient (Wildman–Crippen LogP) is 1.68. The Balaban J connectivity index is 2.29. The fraction of sp³-hybridized carbons (Fsp3) is 0.385. The highest BCUT2D eigenvalue weighted by Crippen LogP contribution is 2.09. The van der Waals surface area contributed by atoms with Crippen LogP contribution in [0.2, 0.25) is 0 Å². The van der Waals surface area contributed by atoms with Gasteiger partial charge in [0.2, 0.25) is 0 Å². The van der Waals surface area contributed by atoms with Crippen molar-refractivity contribution in [2.45, 2.75) is 13.3 Å². The first-order valence-corrected chi connectivity index (χ1v) is 6.02. The molecule has 0 spiro atoms. The minimum Gasteiger partial charge on any atom is -0.338 e. The van der Waals surface area contributed by atoms with E-state index >= 15 is 0 Å². The second kappa shape index (κ2) is 8.09. The molecule has 0 aliphatic rings. The maximum absolute atomic E-state index is 11.5. The first-order chi connectivity index (χ1) is 8.76. The molecule has 96 valence electrons. The summed E-state index contributed by atoms with van der Waals surface area (Å²) < 4.78 is 0. The van der Waals surface area contributed by atoms with Gasteiger partial charge in [-0.15, -0.1) is 0 Å². The third-order valence-electron chi connectivity index (χ3n) is 2.32. The van der Waals surface area contributed by atoms with E-state index < -0.39 is 0 Å². The number of anilines is 1. The molecule has 0 heterocycles. The minimum atomic E-state index is -0.249. The van der Waals surface area contributed by atoms with Gasteiger partial charge in [-0.1, -0.05) is 13.0 Å². The number of hydrogen-bond donors (Lipinski definition) is 3. The minimum absolute atomic E-state index is 0.249. The number of amides is 2. The zero-order chi connectivity index (χ0) is 13.2. The first kappa shape index (κ1) is 14.0. The molecule has 1 aromatic rings. The van der Waals surface area contributed by atoms with E-state index in [0.29, 0.717) is 17.8 Å². The molecule has 5 heteroatoms. The van der Waals surface area contributed by atoms with Crippen molar-refractivity contribution in [1.82, 2.24) is 10.6 Å². The van der Waals surface area contributed by atoms with Crippen molar-refractivity contribution in [1.29, 1.82) is 5.26 Å². The largest absolute Gasteiger partial charge is 0.338 e. The molecule has 18 heavy (non-hydrogen) atoms. The van der Waals surface area contributed by atoms with E-state index in [2.05, 4.69) is 16.0 Å². The summed E-state index contributed by atoms with van der Waals surface area (Å²) in [5, 5.41) is 17.4. The van der Waals surface area contributed by atoms with Crippen LogP contribution in [0.5, 0.6) is 0 Å². The lowest BCUT2D eigenvalue weighted by Gasteiger charge is -2.07. The van der Waals surface area contributed by atoms with Crippen molar-refractivity contribution >= 4 is 11.7 Å². The third kappa shape index (κ3) is 5.32. The van der Waals surface area contributed by atoms with E-state index in [1.54, 1.807) is 24.3 Å². The van der Waals surface area contributed by atoms with Crippen molar-refractivity contribution < 1.29 is 4.79 Å². The topological polar surface area (TPSA) is 76.9 Å². The normalized spacial score (nSPS) is 9.56. The lowest BCUT2D eigenvalue weighted by atomic mass is 10.2. The smallest absolute Gasteiger partial charge is 0.319 e. The Morgan fingerprint density at radius 3 is 2.94 bits per heavy atom. The molecule has 0 aliphatic heterocycles. The van der Waals surface area contributed by atoms with Crippen LogP contribution in [0.25, 0.3) is 0 Å². The highest BCUT2D eigenvalue weighted by molar-refractivity contribution is 5.89. The zero-order valence-electron chi connectivity index (χ0n) is 10.5. The van der Waals surface area contributed by atoms with E-state index in [0.717, 1.165) is 19.5 Å². The number of urea groups is 1. The average Bonchev–Trinajstić information content (AvgIpc) is 2.38. The van der Waals surface area contributed by atoms with Gasteiger partial charge < -0.3 is 16.0 Å². The molecule has 0 fully saturated rings. The molecule has 0 bridgehead atoms. The number of rotatable bonds is 6. The third-order valence-corrected chi connectivity index (χ3v) is 2.32. The summed E-state index contributed by atoms with van der Waals surface area (Å²) in [5.41, 5.74) is 1.15. The van der Waals surface area contributed by atoms with Gasteiger partial charge in [0, 0.05) is 12.2 Å². The lowest BCUT2D eigenvalue weighted by Crippen LogP contribution is -2.31. The second-order valence-electron chi connectivity index (χ2n) is 3.78. The van der Waals surface area contributed by atoms with Crippen LogP contribution >= 0.6 is 0 Å². The van der Waals surface area contributed by atoms with E-state index in [9.17, 15) is 4.79 Å². The van der Waals surface area contributed by atoms with Crippen molar-refractivity contribution in [3.8, 4) is 6.07 Å². The van der Waals surface area contributed by atoms with Crippen LogP contribution in [-0.2, 0) is 0 Å². The van der Waals surface area contributed by atoms with Crippen LogP contribution in [0, 0.1) is 11.3 Å². The molecule has 0 saturated carbocycles.